The summed E-state index contributed by atoms with van der Waals surface area (Å²) in [6.45, 7) is 3.69. The molecule has 7 nitrogen and oxygen atoms in total. The molecule has 1 fully saturated rings. The maximum absolute atomic E-state index is 13.6. The minimum absolute atomic E-state index is 0.00742. The van der Waals surface area contributed by atoms with Crippen LogP contribution >= 0.6 is 0 Å². The lowest BCUT2D eigenvalue weighted by atomic mass is 10.0. The summed E-state index contributed by atoms with van der Waals surface area (Å²) in [5, 5.41) is 11.4. The van der Waals surface area contributed by atoms with E-state index in [0.29, 0.717) is 22.8 Å². The number of alkyl halides is 3. The number of pyridine rings is 1. The van der Waals surface area contributed by atoms with Crippen LogP contribution in [0.5, 0.6) is 0 Å². The number of halogens is 3. The Labute approximate surface area is 186 Å². The molecule has 1 aliphatic carbocycles. The van der Waals surface area contributed by atoms with Crippen LogP contribution in [-0.2, 0) is 6.18 Å². The van der Waals surface area contributed by atoms with Crippen LogP contribution in [0.4, 0.5) is 19.0 Å². The van der Waals surface area contributed by atoms with Crippen molar-refractivity contribution in [2.75, 3.05) is 5.32 Å². The van der Waals surface area contributed by atoms with E-state index in [4.69, 9.17) is 4.52 Å². The lowest BCUT2D eigenvalue weighted by molar-refractivity contribution is -0.137. The van der Waals surface area contributed by atoms with Crippen molar-refractivity contribution in [3.05, 3.63) is 59.4 Å². The van der Waals surface area contributed by atoms with Crippen LogP contribution in [0.2, 0.25) is 0 Å². The maximum atomic E-state index is 13.6. The fraction of sp³-hybridized carbons (Fsp3) is 0.304. The molecule has 1 atom stereocenters. The van der Waals surface area contributed by atoms with Crippen molar-refractivity contribution in [2.45, 2.75) is 38.9 Å². The molecule has 3 aromatic heterocycles. The molecule has 1 aromatic carbocycles. The summed E-state index contributed by atoms with van der Waals surface area (Å²) in [5.41, 5.74) is -0.502. The number of aryl methyl sites for hydroxylation is 1. The molecule has 0 bridgehead atoms. The molecule has 0 spiro atoms. The van der Waals surface area contributed by atoms with E-state index in [1.165, 1.54) is 24.3 Å². The first-order valence-corrected chi connectivity index (χ1v) is 10.5. The number of nitrogens with zero attached hydrogens (tertiary/aromatic N) is 4. The van der Waals surface area contributed by atoms with Crippen LogP contribution in [-0.4, -0.2) is 25.8 Å². The van der Waals surface area contributed by atoms with Crippen molar-refractivity contribution in [3.8, 4) is 11.3 Å². The molecule has 5 rings (SSSR count). The molecular weight excluding hydrogens is 435 g/mol. The quantitative estimate of drug-likeness (QED) is 0.421. The number of anilines is 1. The van der Waals surface area contributed by atoms with Gasteiger partial charge < -0.3 is 9.84 Å². The van der Waals surface area contributed by atoms with Crippen molar-refractivity contribution in [3.63, 3.8) is 0 Å². The second kappa shape index (κ2) is 7.72. The van der Waals surface area contributed by atoms with E-state index in [1.54, 1.807) is 23.9 Å². The summed E-state index contributed by atoms with van der Waals surface area (Å²) in [4.78, 5) is 17.6. The second-order valence-corrected chi connectivity index (χ2v) is 8.24. The summed E-state index contributed by atoms with van der Waals surface area (Å²) in [7, 11) is 0. The minimum atomic E-state index is -4.58. The second-order valence-electron chi connectivity index (χ2n) is 8.24. The summed E-state index contributed by atoms with van der Waals surface area (Å²) in [6.07, 6.45) is -0.757. The summed E-state index contributed by atoms with van der Waals surface area (Å²) in [6, 6.07) is 8.24. The van der Waals surface area contributed by atoms with Gasteiger partial charge in [0.2, 0.25) is 0 Å². The highest BCUT2D eigenvalue weighted by Gasteiger charge is 2.34. The first-order chi connectivity index (χ1) is 15.7. The number of hydrogen-bond donors (Lipinski definition) is 1. The minimum Gasteiger partial charge on any atom is -0.335 e. The highest BCUT2D eigenvalue weighted by Crippen LogP contribution is 2.40. The van der Waals surface area contributed by atoms with Gasteiger partial charge in [-0.05, 0) is 44.7 Å². The molecule has 1 unspecified atom stereocenters. The van der Waals surface area contributed by atoms with Crippen LogP contribution in [0, 0.1) is 12.8 Å². The first-order valence-electron chi connectivity index (χ1n) is 10.5. The van der Waals surface area contributed by atoms with E-state index < -0.39 is 17.6 Å². The van der Waals surface area contributed by atoms with E-state index in [0.717, 1.165) is 18.9 Å². The van der Waals surface area contributed by atoms with Crippen molar-refractivity contribution in [1.82, 2.24) is 19.9 Å². The zero-order chi connectivity index (χ0) is 23.3. The topological polar surface area (TPSA) is 85.8 Å². The van der Waals surface area contributed by atoms with Crippen molar-refractivity contribution < 1.29 is 22.5 Å². The average molecular weight is 455 g/mol. The maximum Gasteiger partial charge on any atom is 0.417 e. The van der Waals surface area contributed by atoms with E-state index >= 15 is 0 Å². The van der Waals surface area contributed by atoms with Gasteiger partial charge in [0.25, 0.3) is 11.6 Å². The predicted octanol–water partition coefficient (Wildman–Crippen LogP) is 5.64. The number of carbonyl (C=O) groups is 1. The van der Waals surface area contributed by atoms with Crippen LogP contribution in [0.15, 0.2) is 47.1 Å². The third-order valence-corrected chi connectivity index (χ3v) is 5.97. The van der Waals surface area contributed by atoms with E-state index in [1.807, 2.05) is 6.92 Å². The normalized spacial score (nSPS) is 15.1. The molecule has 170 valence electrons. The lowest BCUT2D eigenvalue weighted by Gasteiger charge is -2.16. The summed E-state index contributed by atoms with van der Waals surface area (Å²) in [5.74, 6) is 0.513. The number of aromatic nitrogens is 4. The van der Waals surface area contributed by atoms with Gasteiger partial charge in [-0.15, -0.1) is 0 Å². The van der Waals surface area contributed by atoms with Gasteiger partial charge in [-0.3, -0.25) is 4.79 Å². The van der Waals surface area contributed by atoms with Crippen molar-refractivity contribution in [2.24, 2.45) is 5.92 Å². The van der Waals surface area contributed by atoms with E-state index in [2.05, 4.69) is 20.6 Å². The molecule has 4 aromatic rings. The lowest BCUT2D eigenvalue weighted by Crippen LogP contribution is -2.19. The first kappa shape index (κ1) is 21.2. The largest absolute Gasteiger partial charge is 0.417 e. The number of hydrogen-bond acceptors (Lipinski definition) is 5. The van der Waals surface area contributed by atoms with Gasteiger partial charge >= 0.3 is 6.18 Å². The van der Waals surface area contributed by atoms with E-state index in [9.17, 15) is 18.0 Å². The van der Waals surface area contributed by atoms with Gasteiger partial charge in [0.1, 0.15) is 5.82 Å². The molecule has 3 heterocycles. The molecule has 1 saturated carbocycles. The molecule has 33 heavy (non-hydrogen) atoms. The molecule has 10 heteroatoms. The predicted molar refractivity (Wildman–Crippen MR) is 115 cm³/mol. The van der Waals surface area contributed by atoms with Crippen LogP contribution < -0.4 is 5.32 Å². The number of rotatable bonds is 5. The number of benzene rings is 1. The highest BCUT2D eigenvalue weighted by atomic mass is 19.4. The van der Waals surface area contributed by atoms with Crippen LogP contribution in [0.1, 0.15) is 47.4 Å². The van der Waals surface area contributed by atoms with Crippen LogP contribution in [0.3, 0.4) is 0 Å². The fourth-order valence-corrected chi connectivity index (χ4v) is 4.07. The van der Waals surface area contributed by atoms with Crippen LogP contribution in [0.25, 0.3) is 22.4 Å². The molecule has 0 radical (unpaired) electrons. The van der Waals surface area contributed by atoms with Gasteiger partial charge in [-0.2, -0.15) is 18.3 Å². The number of carbonyl (C=O) groups excluding carboxylic acids is 1. The Bertz CT molecular complexity index is 1350. The standard InChI is InChI=1S/C23H20F3N5O2/c1-12-20-16(21(32)29-19-9-10-27-31(19)13(2)14-7-8-14)11-18(28-22(20)33-30-12)15-5-3-4-6-17(15)23(24,25)26/h3-6,9-11,13-14H,7-8H2,1-2H3,(H,29,32). The Balaban J connectivity index is 1.59. The monoisotopic (exact) mass is 455 g/mol. The number of fused-ring (bicyclic) bond motifs is 1. The third kappa shape index (κ3) is 3.85. The van der Waals surface area contributed by atoms with Gasteiger partial charge in [0.05, 0.1) is 40.1 Å². The Morgan fingerprint density at radius 1 is 1.24 bits per heavy atom. The van der Waals surface area contributed by atoms with Gasteiger partial charge in [-0.1, -0.05) is 23.4 Å². The Hall–Kier alpha value is -3.69. The third-order valence-electron chi connectivity index (χ3n) is 5.97. The molecule has 0 aliphatic heterocycles. The molecule has 1 N–H and O–H groups in total. The number of nitrogens with one attached hydrogen (secondary N) is 1. The van der Waals surface area contributed by atoms with E-state index in [-0.39, 0.29) is 28.6 Å². The summed E-state index contributed by atoms with van der Waals surface area (Å²) >= 11 is 0. The smallest absolute Gasteiger partial charge is 0.335 e. The highest BCUT2D eigenvalue weighted by molar-refractivity contribution is 6.12. The van der Waals surface area contributed by atoms with Gasteiger partial charge in [0, 0.05) is 11.6 Å². The molecular formula is C23H20F3N5O2. The molecule has 0 saturated heterocycles. The molecule has 1 aliphatic rings. The SMILES string of the molecule is Cc1noc2nc(-c3ccccc3C(F)(F)F)cc(C(=O)Nc3ccnn3C(C)C3CC3)c12. The van der Waals surface area contributed by atoms with Crippen molar-refractivity contribution >= 4 is 22.8 Å². The summed E-state index contributed by atoms with van der Waals surface area (Å²) < 4.78 is 47.8. The zero-order valence-corrected chi connectivity index (χ0v) is 17.8. The molecule has 1 amide bonds. The Morgan fingerprint density at radius 2 is 2.00 bits per heavy atom. The van der Waals surface area contributed by atoms with Crippen molar-refractivity contribution in [1.29, 1.82) is 0 Å². The fourth-order valence-electron chi connectivity index (χ4n) is 4.07. The van der Waals surface area contributed by atoms with Gasteiger partial charge in [0.15, 0.2) is 0 Å². The average Bonchev–Trinajstić information content (AvgIpc) is 3.43. The Kier molecular flexibility index (Phi) is 4.95. The number of amides is 1. The van der Waals surface area contributed by atoms with Gasteiger partial charge in [-0.25, -0.2) is 9.67 Å². The zero-order valence-electron chi connectivity index (χ0n) is 17.8. The Morgan fingerprint density at radius 3 is 2.73 bits per heavy atom.